The number of nitrogens with two attached hydrogens (primary N) is 1. The van der Waals surface area contributed by atoms with Crippen molar-refractivity contribution >= 4 is 58.7 Å². The van der Waals surface area contributed by atoms with Crippen molar-refractivity contribution in [2.75, 3.05) is 11.9 Å². The van der Waals surface area contributed by atoms with Crippen LogP contribution >= 0.6 is 0 Å². The summed E-state index contributed by atoms with van der Waals surface area (Å²) >= 11 is 0. The Hall–Kier alpha value is -7.31. The Morgan fingerprint density at radius 2 is 1.36 bits per heavy atom. The molecular formula is C61H80N6O13. The minimum absolute atomic E-state index is 0.00360. The van der Waals surface area contributed by atoms with Crippen LogP contribution in [0.25, 0.3) is 11.1 Å². The Balaban J connectivity index is 1.17. The van der Waals surface area contributed by atoms with Gasteiger partial charge in [-0.15, -0.1) is 0 Å². The molecule has 0 aromatic heterocycles. The lowest BCUT2D eigenvalue weighted by Crippen LogP contribution is -2.50. The van der Waals surface area contributed by atoms with Crippen molar-refractivity contribution in [3.8, 4) is 34.1 Å². The van der Waals surface area contributed by atoms with Crippen LogP contribution < -0.4 is 41.8 Å². The number of ketones is 3. The molecule has 0 spiro atoms. The molecule has 3 aromatic rings. The van der Waals surface area contributed by atoms with E-state index in [-0.39, 0.29) is 63.9 Å². The van der Waals surface area contributed by atoms with E-state index in [4.69, 9.17) is 15.2 Å². The number of rotatable bonds is 24. The van der Waals surface area contributed by atoms with Gasteiger partial charge in [0.2, 0.25) is 29.5 Å². The molecule has 4 saturated carbocycles. The van der Waals surface area contributed by atoms with E-state index in [0.717, 1.165) is 44.6 Å². The molecule has 5 aliphatic rings. The Morgan fingerprint density at radius 3 is 1.98 bits per heavy atom. The van der Waals surface area contributed by atoms with Crippen molar-refractivity contribution in [3.63, 3.8) is 0 Å². The van der Waals surface area contributed by atoms with Gasteiger partial charge in [-0.25, -0.2) is 4.79 Å². The van der Waals surface area contributed by atoms with Crippen LogP contribution in [-0.4, -0.2) is 87.9 Å². The number of amides is 6. The van der Waals surface area contributed by atoms with Gasteiger partial charge in [0.1, 0.15) is 35.1 Å². The average molecular weight is 1110 g/mol. The lowest BCUT2D eigenvalue weighted by Gasteiger charge is -2.54. The fraction of sp³-hybridized carbons (Fsp3) is 0.557. The molecule has 4 aliphatic carbocycles. The van der Waals surface area contributed by atoms with Crippen LogP contribution in [0.3, 0.4) is 0 Å². The summed E-state index contributed by atoms with van der Waals surface area (Å²) in [5.74, 6) is -6.56. The average Bonchev–Trinajstić information content (AvgIpc) is 3.50. The first-order valence-electron chi connectivity index (χ1n) is 28.5. The monoisotopic (exact) mass is 1100 g/mol. The number of aromatic hydroxyl groups is 2. The molecular weight excluding hydrogens is 1020 g/mol. The molecule has 0 radical (unpaired) electrons. The third-order valence-electron chi connectivity index (χ3n) is 16.7. The summed E-state index contributed by atoms with van der Waals surface area (Å²) in [7, 11) is 0. The largest absolute Gasteiger partial charge is 0.507 e. The first-order valence-corrected chi connectivity index (χ1v) is 28.5. The SMILES string of the molecule is CCCCOc1ccc(NC(=O)Oc2cc(O)c3c(c2)[C@@H](C(=O)CC2C4CC5CC(C4)CC2C5)NC(=O)[C@H](C)NC(=O)[C@H](CC(=O)[C@@H](C)NC(=O)[C@H](CC(N)=O)CC(=O)[C@@H](C)NC(=O)[C@H](CC)CC(C)C)c2ccc(O)c-3c2)cc1. The number of fused-ring (bicyclic) bond motifs is 4. The molecule has 80 heavy (non-hydrogen) atoms. The van der Waals surface area contributed by atoms with E-state index in [2.05, 4.69) is 33.5 Å². The molecule has 0 saturated heterocycles. The van der Waals surface area contributed by atoms with Crippen molar-refractivity contribution in [1.82, 2.24) is 21.3 Å². The number of anilines is 1. The first kappa shape index (κ1) is 60.3. The lowest BCUT2D eigenvalue weighted by atomic mass is 9.51. The van der Waals surface area contributed by atoms with E-state index in [9.17, 15) is 48.6 Å². The maximum absolute atomic E-state index is 15.1. The Kier molecular flexibility index (Phi) is 20.2. The topological polar surface area (TPSA) is 299 Å². The van der Waals surface area contributed by atoms with Crippen LogP contribution in [-0.2, 0) is 38.4 Å². The van der Waals surface area contributed by atoms with Gasteiger partial charge in [-0.1, -0.05) is 40.2 Å². The van der Waals surface area contributed by atoms with Crippen molar-refractivity contribution in [1.29, 1.82) is 0 Å². The molecule has 4 fully saturated rings. The number of nitrogens with one attached hydrogen (secondary N) is 5. The number of primary amides is 1. The number of carbonyl (C=O) groups excluding carboxylic acids is 9. The number of phenols is 2. The zero-order valence-corrected chi connectivity index (χ0v) is 47.1. The van der Waals surface area contributed by atoms with Gasteiger partial charge in [-0.05, 0) is 161 Å². The molecule has 6 bridgehead atoms. The molecule has 432 valence electrons. The predicted octanol–water partition coefficient (Wildman–Crippen LogP) is 7.84. The number of hydrogen-bond acceptors (Lipinski definition) is 13. The fourth-order valence-electron chi connectivity index (χ4n) is 12.6. The van der Waals surface area contributed by atoms with Gasteiger partial charge in [0, 0.05) is 54.5 Å². The van der Waals surface area contributed by atoms with E-state index < -0.39 is 108 Å². The molecule has 3 aromatic carbocycles. The van der Waals surface area contributed by atoms with Crippen LogP contribution in [0.4, 0.5) is 10.5 Å². The number of ether oxygens (including phenoxy) is 2. The highest BCUT2D eigenvalue weighted by Crippen LogP contribution is 2.58. The summed E-state index contributed by atoms with van der Waals surface area (Å²) in [6.45, 7) is 12.7. The van der Waals surface area contributed by atoms with Gasteiger partial charge >= 0.3 is 6.09 Å². The summed E-state index contributed by atoms with van der Waals surface area (Å²) in [4.78, 5) is 124. The number of benzene rings is 3. The van der Waals surface area contributed by atoms with Crippen molar-refractivity contribution in [3.05, 3.63) is 65.7 Å². The number of unbranched alkanes of at least 4 members (excludes halogenated alkanes) is 1. The van der Waals surface area contributed by atoms with E-state index in [1.807, 2.05) is 20.8 Å². The molecule has 9 N–H and O–H groups in total. The highest BCUT2D eigenvalue weighted by atomic mass is 16.6. The highest BCUT2D eigenvalue weighted by Gasteiger charge is 2.49. The van der Waals surface area contributed by atoms with E-state index in [0.29, 0.717) is 54.6 Å². The van der Waals surface area contributed by atoms with Crippen LogP contribution in [0.15, 0.2) is 54.6 Å². The third-order valence-corrected chi connectivity index (χ3v) is 16.7. The minimum Gasteiger partial charge on any atom is -0.507 e. The molecule has 7 atom stereocenters. The summed E-state index contributed by atoms with van der Waals surface area (Å²) in [5.41, 5.74) is 5.84. The standard InChI is InChI=1S/C61H80N6O13/c1-8-10-17-79-43-14-12-42(13-15-43)66-61(78)80-44-27-48-55(52(71)28-44)47-24-38(11-16-49(47)68)46(60(77)65-34(7)57(74)67-56(48)53(72)29-45-39-20-35-19-36(22-39)23-40(45)21-35)30-51(70)33(6)64-59(76)41(26-54(62)73)25-50(69)32(5)63-58(75)37(9-2)18-31(3)4/h11-16,24,27-28,31-37,39-41,45-46,56,68,71H,8-10,17-23,25-26,29-30H2,1-7H3,(H2,62,73)(H,63,75)(H,64,76)(H,65,77)(H,66,78)(H,67,74)/t32-,33-,34+,35?,36?,37-,39?,40?,41+,45?,46-,56+/m1/s1. The van der Waals surface area contributed by atoms with Crippen molar-refractivity contribution in [2.45, 2.75) is 162 Å². The molecule has 1 aliphatic heterocycles. The van der Waals surface area contributed by atoms with Crippen molar-refractivity contribution < 1.29 is 62.8 Å². The smallest absolute Gasteiger partial charge is 0.417 e. The normalized spacial score (nSPS) is 23.6. The van der Waals surface area contributed by atoms with Gasteiger partial charge in [0.15, 0.2) is 17.3 Å². The molecule has 1 heterocycles. The summed E-state index contributed by atoms with van der Waals surface area (Å²) < 4.78 is 11.5. The summed E-state index contributed by atoms with van der Waals surface area (Å²) in [5, 5.41) is 37.3. The zero-order chi connectivity index (χ0) is 58.1. The van der Waals surface area contributed by atoms with Gasteiger partial charge in [-0.2, -0.15) is 0 Å². The second kappa shape index (κ2) is 26.8. The van der Waals surface area contributed by atoms with Gasteiger partial charge < -0.3 is 46.7 Å². The summed E-state index contributed by atoms with van der Waals surface area (Å²) in [6, 6.07) is 8.13. The van der Waals surface area contributed by atoms with Crippen LogP contribution in [0.5, 0.6) is 23.0 Å². The van der Waals surface area contributed by atoms with Crippen LogP contribution in [0.1, 0.15) is 155 Å². The number of hydrogen-bond donors (Lipinski definition) is 8. The van der Waals surface area contributed by atoms with E-state index in [1.165, 1.54) is 51.5 Å². The zero-order valence-electron chi connectivity index (χ0n) is 47.1. The second-order valence-corrected chi connectivity index (χ2v) is 23.3. The Labute approximate surface area is 468 Å². The molecule has 19 heteroatoms. The lowest BCUT2D eigenvalue weighted by molar-refractivity contribution is -0.136. The highest BCUT2D eigenvalue weighted by molar-refractivity contribution is 6.00. The quantitative estimate of drug-likeness (QED) is 0.0397. The summed E-state index contributed by atoms with van der Waals surface area (Å²) in [6.07, 6.45) is 5.87. The van der Waals surface area contributed by atoms with E-state index >= 15 is 4.79 Å². The molecule has 0 unspecified atom stereocenters. The van der Waals surface area contributed by atoms with Gasteiger partial charge in [0.05, 0.1) is 30.5 Å². The third kappa shape index (κ3) is 15.1. The van der Waals surface area contributed by atoms with Gasteiger partial charge in [-0.3, -0.25) is 43.7 Å². The minimum atomic E-state index is -1.48. The Bertz CT molecular complexity index is 2790. The number of Topliss-reactive ketones (excluding diaryl/α,β-unsaturated/α-hetero) is 3. The molecule has 8 rings (SSSR count). The number of phenolic OH excluding ortho intramolecular Hbond substituents is 2. The van der Waals surface area contributed by atoms with E-state index in [1.54, 1.807) is 24.3 Å². The maximum Gasteiger partial charge on any atom is 0.417 e. The molecule has 6 amide bonds. The first-order chi connectivity index (χ1) is 38.0. The number of carbonyl (C=O) groups is 9. The predicted molar refractivity (Wildman–Crippen MR) is 298 cm³/mol. The van der Waals surface area contributed by atoms with Gasteiger partial charge in [0.25, 0.3) is 0 Å². The Morgan fingerprint density at radius 1 is 0.725 bits per heavy atom. The second-order valence-electron chi connectivity index (χ2n) is 23.3. The molecule has 19 nitrogen and oxygen atoms in total. The maximum atomic E-state index is 15.1. The van der Waals surface area contributed by atoms with Crippen LogP contribution in [0, 0.1) is 47.3 Å². The van der Waals surface area contributed by atoms with Crippen LogP contribution in [0.2, 0.25) is 0 Å². The fourth-order valence-corrected chi connectivity index (χ4v) is 12.6. The van der Waals surface area contributed by atoms with Crippen molar-refractivity contribution in [2.24, 2.45) is 53.1 Å².